The molecule has 0 saturated carbocycles. The van der Waals surface area contributed by atoms with Crippen LogP contribution in [0.5, 0.6) is 5.75 Å². The predicted molar refractivity (Wildman–Crippen MR) is 96.7 cm³/mol. The number of aryl methyl sites for hydroxylation is 1. The minimum Gasteiger partial charge on any atom is -0.508 e. The highest BCUT2D eigenvalue weighted by molar-refractivity contribution is 5.97. The Bertz CT molecular complexity index is 885. The van der Waals surface area contributed by atoms with E-state index in [0.29, 0.717) is 55.8 Å². The smallest absolute Gasteiger partial charge is 0.360 e. The molecule has 26 heavy (non-hydrogen) atoms. The van der Waals surface area contributed by atoms with E-state index < -0.39 is 5.63 Å². The number of benzene rings is 1. The summed E-state index contributed by atoms with van der Waals surface area (Å²) >= 11 is 0. The standard InChI is InChI=1S/C19H22N2O5/c22-13-3-4-16-15(12-13)14-2-1-6-21(18(14)19(24)26-16)17(23)5-7-20-8-10-25-11-9-20/h3-4,12,22H,1-2,5-11H2. The van der Waals surface area contributed by atoms with Crippen LogP contribution >= 0.6 is 0 Å². The molecule has 138 valence electrons. The molecular formula is C19H22N2O5. The van der Waals surface area contributed by atoms with Crippen molar-refractivity contribution in [1.29, 1.82) is 0 Å². The van der Waals surface area contributed by atoms with Gasteiger partial charge in [-0.25, -0.2) is 4.79 Å². The number of morpholine rings is 1. The molecule has 1 N–H and O–H groups in total. The van der Waals surface area contributed by atoms with Gasteiger partial charge in [-0.1, -0.05) is 0 Å². The fourth-order valence-electron chi connectivity index (χ4n) is 3.76. The molecule has 3 heterocycles. The maximum atomic E-state index is 12.8. The summed E-state index contributed by atoms with van der Waals surface area (Å²) in [5.41, 5.74) is 1.08. The van der Waals surface area contributed by atoms with Crippen LogP contribution in [0.4, 0.5) is 5.69 Å². The van der Waals surface area contributed by atoms with Crippen molar-refractivity contribution in [1.82, 2.24) is 4.90 Å². The summed E-state index contributed by atoms with van der Waals surface area (Å²) < 4.78 is 10.7. The number of phenols is 1. The minimum absolute atomic E-state index is 0.0655. The molecule has 1 saturated heterocycles. The Morgan fingerprint density at radius 2 is 2.00 bits per heavy atom. The van der Waals surface area contributed by atoms with E-state index in [1.165, 1.54) is 6.07 Å². The minimum atomic E-state index is -0.488. The van der Waals surface area contributed by atoms with Crippen LogP contribution < -0.4 is 10.5 Å². The number of hydrogen-bond acceptors (Lipinski definition) is 6. The zero-order valence-corrected chi connectivity index (χ0v) is 14.6. The Balaban J connectivity index is 1.62. The first-order valence-corrected chi connectivity index (χ1v) is 9.02. The summed E-state index contributed by atoms with van der Waals surface area (Å²) in [4.78, 5) is 29.1. The molecular weight excluding hydrogens is 336 g/mol. The van der Waals surface area contributed by atoms with Crippen LogP contribution in [0, 0.1) is 0 Å². The van der Waals surface area contributed by atoms with Gasteiger partial charge in [-0.15, -0.1) is 0 Å². The van der Waals surface area contributed by atoms with E-state index in [1.807, 2.05) is 0 Å². The molecule has 0 spiro atoms. The van der Waals surface area contributed by atoms with E-state index in [9.17, 15) is 14.7 Å². The number of fused-ring (bicyclic) bond motifs is 3. The van der Waals surface area contributed by atoms with Gasteiger partial charge in [-0.3, -0.25) is 9.69 Å². The second kappa shape index (κ2) is 7.09. The largest absolute Gasteiger partial charge is 0.508 e. The molecule has 0 atom stereocenters. The SMILES string of the molecule is O=C(CCN1CCOCC1)N1CCCc2c1c(=O)oc1ccc(O)cc21. The van der Waals surface area contributed by atoms with E-state index >= 15 is 0 Å². The maximum Gasteiger partial charge on any atom is 0.360 e. The monoisotopic (exact) mass is 358 g/mol. The molecule has 7 nitrogen and oxygen atoms in total. The van der Waals surface area contributed by atoms with Gasteiger partial charge >= 0.3 is 5.63 Å². The quantitative estimate of drug-likeness (QED) is 0.838. The van der Waals surface area contributed by atoms with E-state index in [0.717, 1.165) is 25.1 Å². The van der Waals surface area contributed by atoms with Crippen molar-refractivity contribution in [2.75, 3.05) is 44.3 Å². The summed E-state index contributed by atoms with van der Waals surface area (Å²) in [6, 6.07) is 4.68. The Kier molecular flexibility index (Phi) is 4.65. The maximum absolute atomic E-state index is 12.8. The molecule has 1 amide bonds. The summed E-state index contributed by atoms with van der Waals surface area (Å²) in [5, 5.41) is 10.5. The lowest BCUT2D eigenvalue weighted by Gasteiger charge is -2.30. The average molecular weight is 358 g/mol. The van der Waals surface area contributed by atoms with E-state index in [-0.39, 0.29) is 11.7 Å². The molecule has 7 heteroatoms. The van der Waals surface area contributed by atoms with Crippen LogP contribution in [0.3, 0.4) is 0 Å². The predicted octanol–water partition coefficient (Wildman–Crippen LogP) is 1.50. The Morgan fingerprint density at radius 3 is 2.81 bits per heavy atom. The van der Waals surface area contributed by atoms with Gasteiger partial charge < -0.3 is 19.2 Å². The molecule has 2 aliphatic rings. The van der Waals surface area contributed by atoms with Gasteiger partial charge in [0.05, 0.1) is 13.2 Å². The molecule has 0 aliphatic carbocycles. The summed E-state index contributed by atoms with van der Waals surface area (Å²) in [6.07, 6.45) is 1.83. The lowest BCUT2D eigenvalue weighted by molar-refractivity contribution is -0.119. The van der Waals surface area contributed by atoms with Crippen LogP contribution in [0.1, 0.15) is 18.4 Å². The molecule has 1 fully saturated rings. The number of rotatable bonds is 3. The summed E-state index contributed by atoms with van der Waals surface area (Å²) in [5.74, 6) is 0.0496. The Labute approximate surface area is 150 Å². The molecule has 2 aromatic rings. The van der Waals surface area contributed by atoms with Gasteiger partial charge in [-0.05, 0) is 36.6 Å². The third-order valence-corrected chi connectivity index (χ3v) is 5.10. The fraction of sp³-hybridized carbons (Fsp3) is 0.474. The highest BCUT2D eigenvalue weighted by atomic mass is 16.5. The first-order valence-electron chi connectivity index (χ1n) is 9.02. The van der Waals surface area contributed by atoms with Gasteiger partial charge in [0, 0.05) is 38.0 Å². The van der Waals surface area contributed by atoms with Crippen molar-refractivity contribution >= 4 is 22.6 Å². The molecule has 2 aliphatic heterocycles. The molecule has 0 unspecified atom stereocenters. The molecule has 4 rings (SSSR count). The number of amides is 1. The third kappa shape index (κ3) is 3.20. The number of hydrogen-bond donors (Lipinski definition) is 1. The van der Waals surface area contributed by atoms with Crippen LogP contribution in [0.25, 0.3) is 11.0 Å². The van der Waals surface area contributed by atoms with Crippen molar-refractivity contribution < 1.29 is 19.1 Å². The van der Waals surface area contributed by atoms with Gasteiger partial charge in [0.15, 0.2) is 0 Å². The van der Waals surface area contributed by atoms with Crippen molar-refractivity contribution in [3.63, 3.8) is 0 Å². The van der Waals surface area contributed by atoms with Gasteiger partial charge in [-0.2, -0.15) is 0 Å². The number of anilines is 1. The Morgan fingerprint density at radius 1 is 1.19 bits per heavy atom. The molecule has 1 aromatic heterocycles. The zero-order chi connectivity index (χ0) is 18.1. The average Bonchev–Trinajstić information content (AvgIpc) is 2.67. The number of carbonyl (C=O) groups is 1. The highest BCUT2D eigenvalue weighted by Gasteiger charge is 2.28. The van der Waals surface area contributed by atoms with Gasteiger partial charge in [0.2, 0.25) is 5.91 Å². The third-order valence-electron chi connectivity index (χ3n) is 5.10. The van der Waals surface area contributed by atoms with Crippen molar-refractivity contribution in [3.05, 3.63) is 34.2 Å². The number of nitrogens with zero attached hydrogens (tertiary/aromatic N) is 2. The topological polar surface area (TPSA) is 83.2 Å². The molecule has 0 radical (unpaired) electrons. The number of aromatic hydroxyl groups is 1. The lowest BCUT2D eigenvalue weighted by Crippen LogP contribution is -2.42. The van der Waals surface area contributed by atoms with Gasteiger partial charge in [0.25, 0.3) is 0 Å². The van der Waals surface area contributed by atoms with E-state index in [4.69, 9.17) is 9.15 Å². The summed E-state index contributed by atoms with van der Waals surface area (Å²) in [6.45, 7) is 4.23. The highest BCUT2D eigenvalue weighted by Crippen LogP contribution is 2.32. The van der Waals surface area contributed by atoms with E-state index in [1.54, 1.807) is 17.0 Å². The van der Waals surface area contributed by atoms with Crippen LogP contribution in [0.2, 0.25) is 0 Å². The van der Waals surface area contributed by atoms with E-state index in [2.05, 4.69) is 4.90 Å². The summed E-state index contributed by atoms with van der Waals surface area (Å²) in [7, 11) is 0. The first kappa shape index (κ1) is 17.1. The van der Waals surface area contributed by atoms with Crippen molar-refractivity contribution in [2.45, 2.75) is 19.3 Å². The number of carbonyl (C=O) groups excluding carboxylic acids is 1. The van der Waals surface area contributed by atoms with Crippen molar-refractivity contribution in [3.8, 4) is 5.75 Å². The normalized spacial score (nSPS) is 18.1. The number of ether oxygens (including phenoxy) is 1. The second-order valence-electron chi connectivity index (χ2n) is 6.75. The van der Waals surface area contributed by atoms with Crippen LogP contribution in [-0.4, -0.2) is 55.3 Å². The lowest BCUT2D eigenvalue weighted by atomic mass is 9.98. The molecule has 0 bridgehead atoms. The fourth-order valence-corrected chi connectivity index (χ4v) is 3.76. The Hall–Kier alpha value is -2.38. The molecule has 1 aromatic carbocycles. The first-order chi connectivity index (χ1) is 12.6. The number of phenolic OH excluding ortho intramolecular Hbond substituents is 1. The van der Waals surface area contributed by atoms with Crippen LogP contribution in [0.15, 0.2) is 27.4 Å². The van der Waals surface area contributed by atoms with Crippen LogP contribution in [-0.2, 0) is 16.0 Å². The van der Waals surface area contributed by atoms with Crippen molar-refractivity contribution in [2.24, 2.45) is 0 Å². The van der Waals surface area contributed by atoms with Gasteiger partial charge in [0.1, 0.15) is 17.0 Å². The zero-order valence-electron chi connectivity index (χ0n) is 14.6. The second-order valence-corrected chi connectivity index (χ2v) is 6.75.